The highest BCUT2D eigenvalue weighted by molar-refractivity contribution is 9.10. The number of hydrazone groups is 1. The van der Waals surface area contributed by atoms with E-state index in [0.717, 1.165) is 10.0 Å². The number of carbonyl (C=O) groups excluding carboxylic acids is 3. The van der Waals surface area contributed by atoms with E-state index in [1.165, 1.54) is 6.21 Å². The lowest BCUT2D eigenvalue weighted by Crippen LogP contribution is -2.38. The van der Waals surface area contributed by atoms with Crippen molar-refractivity contribution in [1.82, 2.24) is 10.7 Å². The van der Waals surface area contributed by atoms with E-state index in [9.17, 15) is 14.4 Å². The number of amides is 3. The van der Waals surface area contributed by atoms with Crippen LogP contribution in [0, 0.1) is 0 Å². The van der Waals surface area contributed by atoms with Crippen LogP contribution < -0.4 is 30.3 Å². The normalized spacial score (nSPS) is 10.5. The maximum Gasteiger partial charge on any atom is 0.329 e. The smallest absolute Gasteiger partial charge is 0.329 e. The second-order valence-corrected chi connectivity index (χ2v) is 8.69. The van der Waals surface area contributed by atoms with E-state index >= 15 is 0 Å². The number of anilines is 1. The standard InChI is InChI=1S/C27H27BrN4O6/c1-36-23-12-7-18(15-24(23)37-2)13-14-29-26(34)27(35)32-30-16-19-5-3-4-6-22(19)38-17-25(33)31-21-10-8-20(28)9-11-21/h3-12,15-16H,13-14,17H2,1-2H3,(H,29,34)(H,31,33)(H,32,35)/b30-16-. The summed E-state index contributed by atoms with van der Waals surface area (Å²) >= 11 is 3.34. The van der Waals surface area contributed by atoms with Gasteiger partial charge in [-0.2, -0.15) is 5.10 Å². The number of benzene rings is 3. The van der Waals surface area contributed by atoms with Crippen molar-refractivity contribution in [2.24, 2.45) is 5.10 Å². The molecule has 0 aliphatic heterocycles. The van der Waals surface area contributed by atoms with E-state index in [4.69, 9.17) is 14.2 Å². The summed E-state index contributed by atoms with van der Waals surface area (Å²) < 4.78 is 17.0. The van der Waals surface area contributed by atoms with Crippen molar-refractivity contribution >= 4 is 45.6 Å². The van der Waals surface area contributed by atoms with Gasteiger partial charge in [0, 0.05) is 22.3 Å². The third-order valence-corrected chi connectivity index (χ3v) is 5.66. The van der Waals surface area contributed by atoms with Crippen LogP contribution >= 0.6 is 15.9 Å². The van der Waals surface area contributed by atoms with Gasteiger partial charge in [-0.3, -0.25) is 14.4 Å². The number of hydrogen-bond acceptors (Lipinski definition) is 7. The van der Waals surface area contributed by atoms with E-state index in [1.807, 2.05) is 18.2 Å². The molecule has 0 saturated carbocycles. The molecule has 3 N–H and O–H groups in total. The number of para-hydroxylation sites is 1. The first-order valence-corrected chi connectivity index (χ1v) is 12.3. The maximum atomic E-state index is 12.2. The molecule has 0 radical (unpaired) electrons. The van der Waals surface area contributed by atoms with Crippen molar-refractivity contribution in [2.45, 2.75) is 6.42 Å². The molecule has 0 bridgehead atoms. The summed E-state index contributed by atoms with van der Waals surface area (Å²) in [6.07, 6.45) is 1.82. The van der Waals surface area contributed by atoms with Crippen molar-refractivity contribution < 1.29 is 28.6 Å². The largest absolute Gasteiger partial charge is 0.493 e. The van der Waals surface area contributed by atoms with Crippen LogP contribution in [-0.4, -0.2) is 51.3 Å². The summed E-state index contributed by atoms with van der Waals surface area (Å²) in [4.78, 5) is 36.4. The van der Waals surface area contributed by atoms with Gasteiger partial charge < -0.3 is 24.8 Å². The van der Waals surface area contributed by atoms with E-state index in [-0.39, 0.29) is 19.1 Å². The molecule has 0 aromatic heterocycles. The molecule has 198 valence electrons. The molecule has 0 atom stereocenters. The number of carbonyl (C=O) groups is 3. The lowest BCUT2D eigenvalue weighted by Gasteiger charge is -2.10. The number of hydrogen-bond donors (Lipinski definition) is 3. The van der Waals surface area contributed by atoms with Gasteiger partial charge in [-0.25, -0.2) is 5.43 Å². The average molecular weight is 583 g/mol. The predicted molar refractivity (Wildman–Crippen MR) is 147 cm³/mol. The van der Waals surface area contributed by atoms with Gasteiger partial charge >= 0.3 is 11.8 Å². The second kappa shape index (κ2) is 14.4. The van der Waals surface area contributed by atoms with Crippen LogP contribution in [0.4, 0.5) is 5.69 Å². The van der Waals surface area contributed by atoms with Crippen LogP contribution in [0.15, 0.2) is 76.3 Å². The molecule has 11 heteroatoms. The molecule has 3 aromatic rings. The fourth-order valence-corrected chi connectivity index (χ4v) is 3.50. The number of rotatable bonds is 11. The van der Waals surface area contributed by atoms with Crippen molar-refractivity contribution in [3.05, 3.63) is 82.3 Å². The zero-order valence-corrected chi connectivity index (χ0v) is 22.4. The molecule has 0 aliphatic rings. The minimum Gasteiger partial charge on any atom is -0.493 e. The quantitative estimate of drug-likeness (QED) is 0.181. The summed E-state index contributed by atoms with van der Waals surface area (Å²) in [6, 6.07) is 19.4. The third-order valence-electron chi connectivity index (χ3n) is 5.13. The van der Waals surface area contributed by atoms with Gasteiger partial charge in [0.05, 0.1) is 20.4 Å². The van der Waals surface area contributed by atoms with Crippen molar-refractivity contribution in [2.75, 3.05) is 32.7 Å². The molecule has 38 heavy (non-hydrogen) atoms. The van der Waals surface area contributed by atoms with Crippen LogP contribution in [0.25, 0.3) is 0 Å². The fourth-order valence-electron chi connectivity index (χ4n) is 3.24. The number of halogens is 1. The Morgan fingerprint density at radius 2 is 1.63 bits per heavy atom. The minimum absolute atomic E-state index is 0.226. The number of ether oxygens (including phenoxy) is 3. The number of nitrogens with one attached hydrogen (secondary N) is 3. The van der Waals surface area contributed by atoms with Gasteiger partial charge in [-0.1, -0.05) is 34.1 Å². The molecule has 0 heterocycles. The molecule has 0 saturated heterocycles. The summed E-state index contributed by atoms with van der Waals surface area (Å²) in [5, 5.41) is 9.11. The van der Waals surface area contributed by atoms with Gasteiger partial charge in [0.25, 0.3) is 5.91 Å². The zero-order valence-electron chi connectivity index (χ0n) is 20.8. The van der Waals surface area contributed by atoms with Gasteiger partial charge in [0.2, 0.25) is 0 Å². The first-order valence-electron chi connectivity index (χ1n) is 11.5. The Morgan fingerprint density at radius 3 is 2.37 bits per heavy atom. The van der Waals surface area contributed by atoms with Crippen LogP contribution in [0.3, 0.4) is 0 Å². The van der Waals surface area contributed by atoms with Crippen LogP contribution in [0.2, 0.25) is 0 Å². The molecule has 3 rings (SSSR count). The van der Waals surface area contributed by atoms with Gasteiger partial charge in [0.1, 0.15) is 5.75 Å². The second-order valence-electron chi connectivity index (χ2n) is 7.78. The van der Waals surface area contributed by atoms with E-state index in [0.29, 0.717) is 34.9 Å². The average Bonchev–Trinajstić information content (AvgIpc) is 2.93. The van der Waals surface area contributed by atoms with E-state index in [2.05, 4.69) is 37.1 Å². The lowest BCUT2D eigenvalue weighted by molar-refractivity contribution is -0.139. The summed E-state index contributed by atoms with van der Waals surface area (Å²) in [5.74, 6) is -0.503. The number of methoxy groups -OCH3 is 2. The number of nitrogens with zero attached hydrogens (tertiary/aromatic N) is 1. The third kappa shape index (κ3) is 8.63. The zero-order chi connectivity index (χ0) is 27.3. The molecule has 0 unspecified atom stereocenters. The topological polar surface area (TPSA) is 127 Å². The SMILES string of the molecule is COc1ccc(CCNC(=O)C(=O)N/N=C\c2ccccc2OCC(=O)Nc2ccc(Br)cc2)cc1OC. The van der Waals surface area contributed by atoms with Crippen molar-refractivity contribution in [1.29, 1.82) is 0 Å². The Bertz CT molecular complexity index is 1300. The van der Waals surface area contributed by atoms with E-state index < -0.39 is 11.8 Å². The molecule has 10 nitrogen and oxygen atoms in total. The highest BCUT2D eigenvalue weighted by Crippen LogP contribution is 2.27. The van der Waals surface area contributed by atoms with Crippen molar-refractivity contribution in [3.8, 4) is 17.2 Å². The predicted octanol–water partition coefficient (Wildman–Crippen LogP) is 3.29. The molecular formula is C27H27BrN4O6. The van der Waals surface area contributed by atoms with Crippen LogP contribution in [-0.2, 0) is 20.8 Å². The maximum absolute atomic E-state index is 12.2. The monoisotopic (exact) mass is 582 g/mol. The Morgan fingerprint density at radius 1 is 0.895 bits per heavy atom. The highest BCUT2D eigenvalue weighted by atomic mass is 79.9. The highest BCUT2D eigenvalue weighted by Gasteiger charge is 2.13. The summed E-state index contributed by atoms with van der Waals surface area (Å²) in [6.45, 7) is 0.0141. The Kier molecular flexibility index (Phi) is 10.7. The minimum atomic E-state index is -0.916. The van der Waals surface area contributed by atoms with E-state index in [1.54, 1.807) is 62.8 Å². The lowest BCUT2D eigenvalue weighted by atomic mass is 10.1. The van der Waals surface area contributed by atoms with Crippen molar-refractivity contribution in [3.63, 3.8) is 0 Å². The summed E-state index contributed by atoms with van der Waals surface area (Å²) in [7, 11) is 3.09. The molecular weight excluding hydrogens is 556 g/mol. The Balaban J connectivity index is 1.45. The molecule has 3 amide bonds. The summed E-state index contributed by atoms with van der Waals surface area (Å²) in [5.41, 5.74) is 4.24. The van der Waals surface area contributed by atoms with Crippen LogP contribution in [0.1, 0.15) is 11.1 Å². The fraction of sp³-hybridized carbons (Fsp3) is 0.185. The Hall–Kier alpha value is -4.38. The molecule has 0 aliphatic carbocycles. The van der Waals surface area contributed by atoms with Gasteiger partial charge in [-0.05, 0) is 60.5 Å². The van der Waals surface area contributed by atoms with Gasteiger partial charge in [0.15, 0.2) is 18.1 Å². The molecule has 0 spiro atoms. The first kappa shape index (κ1) is 28.2. The van der Waals surface area contributed by atoms with Gasteiger partial charge in [-0.15, -0.1) is 0 Å². The molecule has 0 fully saturated rings. The van der Waals surface area contributed by atoms with Crippen LogP contribution in [0.5, 0.6) is 17.2 Å². The molecule has 3 aromatic carbocycles. The Labute approximate surface area is 228 Å². The first-order chi connectivity index (χ1) is 18.4.